The van der Waals surface area contributed by atoms with Crippen molar-refractivity contribution in [1.29, 1.82) is 0 Å². The molecule has 37 valence electrons. The molecule has 0 atom stereocenters. The zero-order valence-electron chi connectivity index (χ0n) is 3.84. The SMILES string of the molecule is COc1c[c]no1. The van der Waals surface area contributed by atoms with Crippen molar-refractivity contribution in [1.82, 2.24) is 5.16 Å². The third-order valence-electron chi connectivity index (χ3n) is 0.572. The van der Waals surface area contributed by atoms with Crippen LogP contribution in [0, 0.1) is 6.20 Å². The van der Waals surface area contributed by atoms with Crippen LogP contribution in [0.3, 0.4) is 0 Å². The fourth-order valence-corrected chi connectivity index (χ4v) is 0.273. The van der Waals surface area contributed by atoms with Gasteiger partial charge in [0.05, 0.1) is 13.2 Å². The summed E-state index contributed by atoms with van der Waals surface area (Å²) in [6.07, 6.45) is 2.44. The lowest BCUT2D eigenvalue weighted by Crippen LogP contribution is -1.75. The van der Waals surface area contributed by atoms with Gasteiger partial charge in [-0.3, -0.25) is 0 Å². The van der Waals surface area contributed by atoms with Crippen LogP contribution in [0.25, 0.3) is 0 Å². The van der Waals surface area contributed by atoms with E-state index >= 15 is 0 Å². The summed E-state index contributed by atoms with van der Waals surface area (Å²) in [5.74, 6) is 0.389. The van der Waals surface area contributed by atoms with Crippen molar-refractivity contribution in [2.45, 2.75) is 0 Å². The summed E-state index contributed by atoms with van der Waals surface area (Å²) in [5, 5.41) is 3.27. The van der Waals surface area contributed by atoms with Gasteiger partial charge in [-0.05, 0) is 0 Å². The largest absolute Gasteiger partial charge is 0.467 e. The zero-order valence-corrected chi connectivity index (χ0v) is 3.84. The summed E-state index contributed by atoms with van der Waals surface area (Å²) in [6, 6.07) is 1.51. The van der Waals surface area contributed by atoms with Gasteiger partial charge < -0.3 is 9.26 Å². The van der Waals surface area contributed by atoms with Crippen molar-refractivity contribution in [3.8, 4) is 5.95 Å². The lowest BCUT2D eigenvalue weighted by atomic mass is 10.7. The maximum Gasteiger partial charge on any atom is 0.311 e. The molecule has 0 saturated carbocycles. The highest BCUT2D eigenvalue weighted by Gasteiger charge is 1.88. The van der Waals surface area contributed by atoms with E-state index in [1.165, 1.54) is 13.2 Å². The minimum absolute atomic E-state index is 0.389. The van der Waals surface area contributed by atoms with Crippen molar-refractivity contribution < 1.29 is 9.26 Å². The Morgan fingerprint density at radius 2 is 2.86 bits per heavy atom. The molecule has 1 aromatic rings. The van der Waals surface area contributed by atoms with Gasteiger partial charge in [0.1, 0.15) is 6.20 Å². The zero-order chi connectivity index (χ0) is 5.11. The second-order valence-electron chi connectivity index (χ2n) is 0.979. The molecule has 0 amide bonds. The first-order chi connectivity index (χ1) is 3.43. The van der Waals surface area contributed by atoms with E-state index in [9.17, 15) is 0 Å². The van der Waals surface area contributed by atoms with Crippen molar-refractivity contribution in [3.05, 3.63) is 12.3 Å². The summed E-state index contributed by atoms with van der Waals surface area (Å²) in [4.78, 5) is 0. The first-order valence-electron chi connectivity index (χ1n) is 1.80. The van der Waals surface area contributed by atoms with E-state index in [0.29, 0.717) is 5.95 Å². The van der Waals surface area contributed by atoms with Crippen molar-refractivity contribution in [2.75, 3.05) is 7.11 Å². The van der Waals surface area contributed by atoms with Gasteiger partial charge in [0.15, 0.2) is 0 Å². The van der Waals surface area contributed by atoms with E-state index in [4.69, 9.17) is 0 Å². The molecular formula is C4H4NO2. The summed E-state index contributed by atoms with van der Waals surface area (Å²) in [5.41, 5.74) is 0. The van der Waals surface area contributed by atoms with Gasteiger partial charge in [0, 0.05) is 0 Å². The molecule has 7 heavy (non-hydrogen) atoms. The van der Waals surface area contributed by atoms with E-state index < -0.39 is 0 Å². The number of hydrogen-bond donors (Lipinski definition) is 0. The summed E-state index contributed by atoms with van der Waals surface area (Å²) >= 11 is 0. The monoisotopic (exact) mass is 98.0 g/mol. The van der Waals surface area contributed by atoms with Crippen molar-refractivity contribution >= 4 is 0 Å². The molecular weight excluding hydrogens is 94.0 g/mol. The van der Waals surface area contributed by atoms with Crippen LogP contribution in [0.4, 0.5) is 0 Å². The highest BCUT2D eigenvalue weighted by atomic mass is 16.6. The molecule has 0 bridgehead atoms. The number of aromatic nitrogens is 1. The molecule has 0 fully saturated rings. The number of ether oxygens (including phenoxy) is 1. The molecule has 0 aliphatic carbocycles. The van der Waals surface area contributed by atoms with Crippen LogP contribution in [0.2, 0.25) is 0 Å². The van der Waals surface area contributed by atoms with Crippen LogP contribution in [-0.2, 0) is 0 Å². The molecule has 1 aromatic heterocycles. The first-order valence-corrected chi connectivity index (χ1v) is 1.80. The highest BCUT2D eigenvalue weighted by molar-refractivity contribution is 4.96. The molecule has 0 spiro atoms. The molecule has 0 saturated heterocycles. The van der Waals surface area contributed by atoms with Gasteiger partial charge in [-0.1, -0.05) is 5.16 Å². The third-order valence-corrected chi connectivity index (χ3v) is 0.572. The molecule has 0 aliphatic rings. The predicted octanol–water partition coefficient (Wildman–Crippen LogP) is 0.483. The second-order valence-corrected chi connectivity index (χ2v) is 0.979. The fourth-order valence-electron chi connectivity index (χ4n) is 0.273. The Kier molecular flexibility index (Phi) is 0.978. The third kappa shape index (κ3) is 0.707. The standard InChI is InChI=1S/C4H4NO2/c1-6-4-2-3-5-7-4/h2H,1H3. The van der Waals surface area contributed by atoms with E-state index in [-0.39, 0.29) is 0 Å². The second kappa shape index (κ2) is 1.64. The Hall–Kier alpha value is -0.990. The Morgan fingerprint density at radius 3 is 3.14 bits per heavy atom. The lowest BCUT2D eigenvalue weighted by molar-refractivity contribution is 0.260. The molecule has 0 aliphatic heterocycles. The summed E-state index contributed by atoms with van der Waals surface area (Å²) in [6.45, 7) is 0. The highest BCUT2D eigenvalue weighted by Crippen LogP contribution is 2.03. The lowest BCUT2D eigenvalue weighted by Gasteiger charge is -1.83. The molecule has 1 heterocycles. The Morgan fingerprint density at radius 1 is 2.00 bits per heavy atom. The normalized spacial score (nSPS) is 8.71. The average molecular weight is 98.1 g/mol. The van der Waals surface area contributed by atoms with Crippen molar-refractivity contribution in [2.24, 2.45) is 0 Å². The Balaban J connectivity index is 2.76. The molecule has 1 radical (unpaired) electrons. The summed E-state index contributed by atoms with van der Waals surface area (Å²) < 4.78 is 9.05. The van der Waals surface area contributed by atoms with Crippen LogP contribution < -0.4 is 4.74 Å². The first kappa shape index (κ1) is 4.18. The molecule has 0 aromatic carbocycles. The molecule has 3 heteroatoms. The topological polar surface area (TPSA) is 35.3 Å². The number of rotatable bonds is 1. The van der Waals surface area contributed by atoms with Gasteiger partial charge in [-0.2, -0.15) is 0 Å². The maximum atomic E-state index is 4.59. The van der Waals surface area contributed by atoms with Crippen LogP contribution in [0.15, 0.2) is 10.6 Å². The molecule has 0 N–H and O–H groups in total. The van der Waals surface area contributed by atoms with Crippen molar-refractivity contribution in [3.63, 3.8) is 0 Å². The predicted molar refractivity (Wildman–Crippen MR) is 21.9 cm³/mol. The number of nitrogens with zero attached hydrogens (tertiary/aromatic N) is 1. The van der Waals surface area contributed by atoms with E-state index in [2.05, 4.69) is 20.6 Å². The summed E-state index contributed by atoms with van der Waals surface area (Å²) in [7, 11) is 1.51. The van der Waals surface area contributed by atoms with E-state index in [0.717, 1.165) is 0 Å². The maximum absolute atomic E-state index is 4.59. The Labute approximate surface area is 40.9 Å². The van der Waals surface area contributed by atoms with E-state index in [1.807, 2.05) is 0 Å². The van der Waals surface area contributed by atoms with Crippen LogP contribution in [0.5, 0.6) is 5.95 Å². The van der Waals surface area contributed by atoms with Crippen LogP contribution in [0.1, 0.15) is 0 Å². The molecule has 0 unspecified atom stereocenters. The smallest absolute Gasteiger partial charge is 0.311 e. The fraction of sp³-hybridized carbons (Fsp3) is 0.250. The minimum atomic E-state index is 0.389. The number of hydrogen-bond acceptors (Lipinski definition) is 3. The molecule has 1 rings (SSSR count). The minimum Gasteiger partial charge on any atom is -0.467 e. The quantitative estimate of drug-likeness (QED) is 0.512. The number of methoxy groups -OCH3 is 1. The molecule has 3 nitrogen and oxygen atoms in total. The van der Waals surface area contributed by atoms with Gasteiger partial charge in [-0.15, -0.1) is 0 Å². The van der Waals surface area contributed by atoms with Gasteiger partial charge in [-0.25, -0.2) is 0 Å². The van der Waals surface area contributed by atoms with Gasteiger partial charge in [0.25, 0.3) is 0 Å². The van der Waals surface area contributed by atoms with Gasteiger partial charge >= 0.3 is 5.95 Å². The van der Waals surface area contributed by atoms with E-state index in [1.54, 1.807) is 0 Å². The van der Waals surface area contributed by atoms with Gasteiger partial charge in [0.2, 0.25) is 0 Å². The van der Waals surface area contributed by atoms with Crippen LogP contribution >= 0.6 is 0 Å². The van der Waals surface area contributed by atoms with Crippen LogP contribution in [-0.4, -0.2) is 12.3 Å². The Bertz CT molecular complexity index is 124. The average Bonchev–Trinajstić information content (AvgIpc) is 2.14.